The maximum Gasteiger partial charge on any atom is 0.115 e. The lowest BCUT2D eigenvalue weighted by Crippen LogP contribution is -2.26. The van der Waals surface area contributed by atoms with Gasteiger partial charge in [-0.1, -0.05) is 5.21 Å². The van der Waals surface area contributed by atoms with Crippen LogP contribution in [0.3, 0.4) is 0 Å². The molecule has 1 aromatic carbocycles. The predicted octanol–water partition coefficient (Wildman–Crippen LogP) is 0.784. The molecule has 15 heavy (non-hydrogen) atoms. The van der Waals surface area contributed by atoms with Gasteiger partial charge in [0.25, 0.3) is 0 Å². The van der Waals surface area contributed by atoms with Crippen molar-refractivity contribution < 1.29 is 5.11 Å². The van der Waals surface area contributed by atoms with Gasteiger partial charge < -0.3 is 10.8 Å². The van der Waals surface area contributed by atoms with Crippen molar-refractivity contribution in [1.29, 1.82) is 0 Å². The van der Waals surface area contributed by atoms with Gasteiger partial charge in [-0.25, -0.2) is 4.68 Å². The molecule has 3 N–H and O–H groups in total. The van der Waals surface area contributed by atoms with Gasteiger partial charge in [-0.05, 0) is 32.0 Å². The Kier molecular flexibility index (Phi) is 2.12. The molecule has 0 atom stereocenters. The lowest BCUT2D eigenvalue weighted by Gasteiger charge is -2.16. The van der Waals surface area contributed by atoms with Gasteiger partial charge in [-0.2, -0.15) is 0 Å². The number of nitrogens with two attached hydrogens (primary N) is 1. The monoisotopic (exact) mass is 206 g/mol. The molecule has 0 radical (unpaired) electrons. The van der Waals surface area contributed by atoms with Crippen molar-refractivity contribution in [2.45, 2.75) is 26.0 Å². The Bertz CT molecular complexity index is 484. The fraction of sp³-hybridized carbons (Fsp3) is 0.400. The minimum absolute atomic E-state index is 0.410. The summed E-state index contributed by atoms with van der Waals surface area (Å²) >= 11 is 0. The zero-order valence-corrected chi connectivity index (χ0v) is 8.81. The predicted molar refractivity (Wildman–Crippen MR) is 58.2 cm³/mol. The molecule has 1 heterocycles. The second-order valence-electron chi connectivity index (χ2n) is 4.31. The van der Waals surface area contributed by atoms with E-state index < -0.39 is 5.60 Å². The molecular formula is C10H14N4O. The zero-order valence-electron chi connectivity index (χ0n) is 8.81. The second kappa shape index (κ2) is 3.20. The molecule has 1 aromatic heterocycles. The molecule has 5 nitrogen and oxygen atoms in total. The van der Waals surface area contributed by atoms with E-state index in [1.165, 1.54) is 0 Å². The minimum Gasteiger partial charge on any atom is -0.399 e. The second-order valence-corrected chi connectivity index (χ2v) is 4.31. The number of fused-ring (bicyclic) bond motifs is 1. The molecule has 2 rings (SSSR count). The number of nitrogen functional groups attached to an aromatic ring is 1. The zero-order chi connectivity index (χ0) is 11.1. The third-order valence-electron chi connectivity index (χ3n) is 2.07. The van der Waals surface area contributed by atoms with Crippen LogP contribution in [-0.2, 0) is 6.54 Å². The Balaban J connectivity index is 2.45. The summed E-state index contributed by atoms with van der Waals surface area (Å²) in [4.78, 5) is 0. The molecule has 0 amide bonds. The van der Waals surface area contributed by atoms with E-state index in [-0.39, 0.29) is 0 Å². The van der Waals surface area contributed by atoms with E-state index in [4.69, 9.17) is 5.73 Å². The molecule has 0 saturated heterocycles. The number of hydrogen-bond acceptors (Lipinski definition) is 4. The average Bonchev–Trinajstić information content (AvgIpc) is 2.45. The summed E-state index contributed by atoms with van der Waals surface area (Å²) in [5, 5.41) is 17.6. The number of aromatic nitrogens is 3. The number of benzene rings is 1. The van der Waals surface area contributed by atoms with E-state index in [0.29, 0.717) is 12.2 Å². The Hall–Kier alpha value is -1.62. The lowest BCUT2D eigenvalue weighted by atomic mass is 10.1. The molecule has 80 valence electrons. The number of anilines is 1. The van der Waals surface area contributed by atoms with Crippen LogP contribution >= 0.6 is 0 Å². The first-order valence-electron chi connectivity index (χ1n) is 4.77. The van der Waals surface area contributed by atoms with E-state index in [2.05, 4.69) is 10.3 Å². The van der Waals surface area contributed by atoms with Crippen LogP contribution in [0.2, 0.25) is 0 Å². The van der Waals surface area contributed by atoms with Gasteiger partial charge in [0.05, 0.1) is 17.7 Å². The van der Waals surface area contributed by atoms with Crippen LogP contribution in [0.15, 0.2) is 18.2 Å². The molecule has 0 saturated carbocycles. The molecule has 0 spiro atoms. The smallest absolute Gasteiger partial charge is 0.115 e. The van der Waals surface area contributed by atoms with Gasteiger partial charge in [0.1, 0.15) is 5.52 Å². The summed E-state index contributed by atoms with van der Waals surface area (Å²) in [5.74, 6) is 0. The summed E-state index contributed by atoms with van der Waals surface area (Å²) in [6, 6.07) is 5.42. The highest BCUT2D eigenvalue weighted by Crippen LogP contribution is 2.16. The summed E-state index contributed by atoms with van der Waals surface area (Å²) in [6.45, 7) is 3.88. The quantitative estimate of drug-likeness (QED) is 0.712. The minimum atomic E-state index is -0.804. The molecule has 0 aliphatic rings. The number of nitrogens with zero attached hydrogens (tertiary/aromatic N) is 3. The van der Waals surface area contributed by atoms with Crippen molar-refractivity contribution in [3.63, 3.8) is 0 Å². The van der Waals surface area contributed by atoms with Crippen molar-refractivity contribution >= 4 is 16.7 Å². The Labute approximate surface area is 87.5 Å². The van der Waals surface area contributed by atoms with E-state index in [1.54, 1.807) is 30.7 Å². The Morgan fingerprint density at radius 2 is 2.20 bits per heavy atom. The van der Waals surface area contributed by atoms with Crippen molar-refractivity contribution in [3.8, 4) is 0 Å². The van der Waals surface area contributed by atoms with Gasteiger partial charge in [0, 0.05) is 5.69 Å². The van der Waals surface area contributed by atoms with Crippen LogP contribution < -0.4 is 5.73 Å². The summed E-state index contributed by atoms with van der Waals surface area (Å²) in [7, 11) is 0. The first kappa shape index (κ1) is 9.92. The lowest BCUT2D eigenvalue weighted by molar-refractivity contribution is 0.0585. The first-order chi connectivity index (χ1) is 6.96. The van der Waals surface area contributed by atoms with Gasteiger partial charge in [0.15, 0.2) is 0 Å². The fourth-order valence-electron chi connectivity index (χ4n) is 1.47. The summed E-state index contributed by atoms with van der Waals surface area (Å²) in [5.41, 5.74) is 7.13. The molecule has 0 aliphatic heterocycles. The Morgan fingerprint density at radius 3 is 2.87 bits per heavy atom. The van der Waals surface area contributed by atoms with Crippen LogP contribution in [-0.4, -0.2) is 25.7 Å². The maximum absolute atomic E-state index is 9.69. The highest BCUT2D eigenvalue weighted by atomic mass is 16.3. The van der Waals surface area contributed by atoms with Gasteiger partial charge in [-0.3, -0.25) is 0 Å². The van der Waals surface area contributed by atoms with E-state index in [0.717, 1.165) is 11.0 Å². The van der Waals surface area contributed by atoms with E-state index in [9.17, 15) is 5.11 Å². The number of hydrogen-bond donors (Lipinski definition) is 2. The van der Waals surface area contributed by atoms with Crippen molar-refractivity contribution in [1.82, 2.24) is 15.0 Å². The largest absolute Gasteiger partial charge is 0.399 e. The molecule has 0 aliphatic carbocycles. The van der Waals surface area contributed by atoms with Crippen molar-refractivity contribution in [2.24, 2.45) is 0 Å². The van der Waals surface area contributed by atoms with Crippen LogP contribution in [0.1, 0.15) is 13.8 Å². The average molecular weight is 206 g/mol. The summed E-state index contributed by atoms with van der Waals surface area (Å²) < 4.78 is 1.68. The van der Waals surface area contributed by atoms with E-state index in [1.807, 2.05) is 6.07 Å². The highest BCUT2D eigenvalue weighted by Gasteiger charge is 2.16. The number of rotatable bonds is 2. The normalized spacial score (nSPS) is 12.2. The Morgan fingerprint density at radius 1 is 1.47 bits per heavy atom. The van der Waals surface area contributed by atoms with Gasteiger partial charge in [-0.15, -0.1) is 5.10 Å². The van der Waals surface area contributed by atoms with Crippen LogP contribution in [0.5, 0.6) is 0 Å². The van der Waals surface area contributed by atoms with Crippen LogP contribution in [0, 0.1) is 0 Å². The topological polar surface area (TPSA) is 77.0 Å². The standard InChI is InChI=1S/C10H14N4O/c1-10(2,15)6-14-9-4-3-7(11)5-8(9)12-13-14/h3-5,15H,6,11H2,1-2H3. The fourth-order valence-corrected chi connectivity index (χ4v) is 1.47. The third kappa shape index (κ3) is 2.07. The molecule has 0 fully saturated rings. The molecule has 0 bridgehead atoms. The first-order valence-corrected chi connectivity index (χ1v) is 4.77. The van der Waals surface area contributed by atoms with Crippen LogP contribution in [0.25, 0.3) is 11.0 Å². The van der Waals surface area contributed by atoms with Crippen molar-refractivity contribution in [3.05, 3.63) is 18.2 Å². The molecular weight excluding hydrogens is 192 g/mol. The third-order valence-corrected chi connectivity index (χ3v) is 2.07. The van der Waals surface area contributed by atoms with E-state index >= 15 is 0 Å². The van der Waals surface area contributed by atoms with Gasteiger partial charge in [0.2, 0.25) is 0 Å². The van der Waals surface area contributed by atoms with Crippen LogP contribution in [0.4, 0.5) is 5.69 Å². The highest BCUT2D eigenvalue weighted by molar-refractivity contribution is 5.77. The number of aliphatic hydroxyl groups is 1. The molecule has 0 unspecified atom stereocenters. The maximum atomic E-state index is 9.69. The molecule has 2 aromatic rings. The summed E-state index contributed by atoms with van der Waals surface area (Å²) in [6.07, 6.45) is 0. The van der Waals surface area contributed by atoms with Gasteiger partial charge >= 0.3 is 0 Å². The molecule has 5 heteroatoms. The van der Waals surface area contributed by atoms with Crippen molar-refractivity contribution in [2.75, 3.05) is 5.73 Å². The SMILES string of the molecule is CC(C)(O)Cn1nnc2cc(N)ccc21.